The first-order valence-electron chi connectivity index (χ1n) is 15.3. The van der Waals surface area contributed by atoms with E-state index in [2.05, 4.69) is 63.4 Å². The summed E-state index contributed by atoms with van der Waals surface area (Å²) in [4.78, 5) is 29.2. The molecule has 2 amide bonds. The zero-order chi connectivity index (χ0) is 31.6. The van der Waals surface area contributed by atoms with Crippen molar-refractivity contribution in [3.05, 3.63) is 77.4 Å². The Hall–Kier alpha value is -3.82. The van der Waals surface area contributed by atoms with Crippen LogP contribution in [-0.2, 0) is 9.16 Å². The molecule has 1 N–H and O–H groups in total. The summed E-state index contributed by atoms with van der Waals surface area (Å²) in [5, 5.41) is 2.91. The van der Waals surface area contributed by atoms with Gasteiger partial charge in [0.15, 0.2) is 19.8 Å². The number of fused-ring (bicyclic) bond motifs is 3. The van der Waals surface area contributed by atoms with Crippen molar-refractivity contribution >= 4 is 26.0 Å². The standard InChI is InChI=1S/C35H44N2O6Si/c1-35(2,3)44(6,7)43-21-23-13-12-18-37(23)33(38)28-19-31(40-4)32(41-5)20-30(28)36-34(39)42-22-29-26-16-10-8-14-24(26)25-15-9-11-17-27(25)29/h8-11,14-17,19-20,23,29H,12-13,18,21-22H2,1-7H3,(H,36,39)/t23-/m0/s1. The van der Waals surface area contributed by atoms with Crippen molar-refractivity contribution in [1.82, 2.24) is 4.90 Å². The third kappa shape index (κ3) is 6.21. The molecule has 0 aromatic heterocycles. The van der Waals surface area contributed by atoms with E-state index in [0.29, 0.717) is 35.9 Å². The molecular formula is C35H44N2O6Si. The molecule has 0 saturated carbocycles. The van der Waals surface area contributed by atoms with Gasteiger partial charge in [-0.1, -0.05) is 69.3 Å². The third-order valence-corrected chi connectivity index (χ3v) is 13.9. The number of nitrogens with one attached hydrogen (secondary N) is 1. The smallest absolute Gasteiger partial charge is 0.411 e. The van der Waals surface area contributed by atoms with E-state index in [0.717, 1.165) is 35.1 Å². The summed E-state index contributed by atoms with van der Waals surface area (Å²) in [6, 6.07) is 19.6. The summed E-state index contributed by atoms with van der Waals surface area (Å²) < 4.78 is 23.4. The molecule has 3 aromatic carbocycles. The SMILES string of the molecule is COc1cc(NC(=O)OCC2c3ccccc3-c3ccccc32)c(C(=O)N2CCC[C@H]2CO[Si](C)(C)C(C)(C)C)cc1OC. The second kappa shape index (κ2) is 12.7. The first kappa shape index (κ1) is 31.6. The highest BCUT2D eigenvalue weighted by Crippen LogP contribution is 2.45. The van der Waals surface area contributed by atoms with Crippen LogP contribution in [0.3, 0.4) is 0 Å². The van der Waals surface area contributed by atoms with E-state index in [4.69, 9.17) is 18.6 Å². The zero-order valence-electron chi connectivity index (χ0n) is 26.9. The molecule has 1 aliphatic heterocycles. The summed E-state index contributed by atoms with van der Waals surface area (Å²) in [6.07, 6.45) is 1.11. The molecule has 8 nitrogen and oxygen atoms in total. The number of hydrogen-bond acceptors (Lipinski definition) is 6. The molecule has 234 valence electrons. The van der Waals surface area contributed by atoms with E-state index < -0.39 is 14.4 Å². The Morgan fingerprint density at radius 1 is 0.909 bits per heavy atom. The highest BCUT2D eigenvalue weighted by Gasteiger charge is 2.40. The minimum Gasteiger partial charge on any atom is -0.493 e. The molecule has 1 aliphatic carbocycles. The Morgan fingerprint density at radius 3 is 2.09 bits per heavy atom. The van der Waals surface area contributed by atoms with Gasteiger partial charge in [-0.05, 0) is 59.3 Å². The Labute approximate surface area is 261 Å². The number of hydrogen-bond donors (Lipinski definition) is 1. The number of carbonyl (C=O) groups is 2. The number of anilines is 1. The molecular weight excluding hydrogens is 572 g/mol. The summed E-state index contributed by atoms with van der Waals surface area (Å²) in [6.45, 7) is 12.3. The van der Waals surface area contributed by atoms with Crippen LogP contribution in [0.15, 0.2) is 60.7 Å². The van der Waals surface area contributed by atoms with E-state index in [1.807, 2.05) is 29.2 Å². The third-order valence-electron chi connectivity index (χ3n) is 9.42. The van der Waals surface area contributed by atoms with Crippen LogP contribution in [0.4, 0.5) is 10.5 Å². The Morgan fingerprint density at radius 2 is 1.50 bits per heavy atom. The predicted molar refractivity (Wildman–Crippen MR) is 175 cm³/mol. The van der Waals surface area contributed by atoms with Gasteiger partial charge in [0.1, 0.15) is 6.61 Å². The summed E-state index contributed by atoms with van der Waals surface area (Å²) in [7, 11) is 1.05. The number of benzene rings is 3. The van der Waals surface area contributed by atoms with Crippen LogP contribution in [0.2, 0.25) is 18.1 Å². The number of likely N-dealkylation sites (tertiary alicyclic amines) is 1. The maximum atomic E-state index is 14.1. The van der Waals surface area contributed by atoms with Crippen LogP contribution >= 0.6 is 0 Å². The maximum absolute atomic E-state index is 14.1. The minimum atomic E-state index is -1.99. The molecule has 1 fully saturated rings. The van der Waals surface area contributed by atoms with Gasteiger partial charge < -0.3 is 23.5 Å². The van der Waals surface area contributed by atoms with Crippen molar-refractivity contribution in [2.75, 3.05) is 39.3 Å². The molecule has 2 aliphatic rings. The van der Waals surface area contributed by atoms with Gasteiger partial charge in [-0.2, -0.15) is 0 Å². The fourth-order valence-corrected chi connectivity index (χ4v) is 6.90. The molecule has 44 heavy (non-hydrogen) atoms. The van der Waals surface area contributed by atoms with Crippen molar-refractivity contribution in [1.29, 1.82) is 0 Å². The molecule has 0 spiro atoms. The van der Waals surface area contributed by atoms with Gasteiger partial charge in [0.25, 0.3) is 5.91 Å². The number of amides is 2. The lowest BCUT2D eigenvalue weighted by Gasteiger charge is -2.38. The van der Waals surface area contributed by atoms with E-state index >= 15 is 0 Å². The average molecular weight is 617 g/mol. The van der Waals surface area contributed by atoms with Crippen molar-refractivity contribution in [3.63, 3.8) is 0 Å². The molecule has 9 heteroatoms. The van der Waals surface area contributed by atoms with Gasteiger partial charge in [0.05, 0.1) is 38.1 Å². The van der Waals surface area contributed by atoms with Gasteiger partial charge in [0, 0.05) is 18.5 Å². The Kier molecular flexibility index (Phi) is 9.09. The number of carbonyl (C=O) groups excluding carboxylic acids is 2. The monoisotopic (exact) mass is 616 g/mol. The van der Waals surface area contributed by atoms with Gasteiger partial charge in [-0.15, -0.1) is 0 Å². The van der Waals surface area contributed by atoms with Crippen molar-refractivity contribution < 1.29 is 28.2 Å². The molecule has 1 heterocycles. The van der Waals surface area contributed by atoms with E-state index in [9.17, 15) is 9.59 Å². The first-order valence-corrected chi connectivity index (χ1v) is 18.2. The lowest BCUT2D eigenvalue weighted by molar-refractivity contribution is 0.0684. The highest BCUT2D eigenvalue weighted by atomic mass is 28.4. The number of nitrogens with zero attached hydrogens (tertiary/aromatic N) is 1. The van der Waals surface area contributed by atoms with Crippen molar-refractivity contribution in [2.45, 2.75) is 63.7 Å². The fraction of sp³-hybridized carbons (Fsp3) is 0.429. The predicted octanol–water partition coefficient (Wildman–Crippen LogP) is 7.69. The number of methoxy groups -OCH3 is 2. The highest BCUT2D eigenvalue weighted by molar-refractivity contribution is 6.74. The maximum Gasteiger partial charge on any atom is 0.411 e. The molecule has 1 saturated heterocycles. The van der Waals surface area contributed by atoms with Gasteiger partial charge in [0.2, 0.25) is 0 Å². The normalized spacial score (nSPS) is 16.3. The van der Waals surface area contributed by atoms with Crippen LogP contribution in [0.25, 0.3) is 11.1 Å². The first-order chi connectivity index (χ1) is 20.9. The fourth-order valence-electron chi connectivity index (χ4n) is 5.86. The minimum absolute atomic E-state index is 0.0490. The average Bonchev–Trinajstić information content (AvgIpc) is 3.60. The molecule has 0 unspecified atom stereocenters. The summed E-state index contributed by atoms with van der Waals surface area (Å²) in [5.74, 6) is 0.534. The van der Waals surface area contributed by atoms with Gasteiger partial charge in [-0.25, -0.2) is 4.79 Å². The summed E-state index contributed by atoms with van der Waals surface area (Å²) >= 11 is 0. The quantitative estimate of drug-likeness (QED) is 0.248. The largest absolute Gasteiger partial charge is 0.493 e. The molecule has 0 radical (unpaired) electrons. The topological polar surface area (TPSA) is 86.3 Å². The Bertz CT molecular complexity index is 1490. The number of ether oxygens (including phenoxy) is 3. The molecule has 3 aromatic rings. The Balaban J connectivity index is 1.35. The zero-order valence-corrected chi connectivity index (χ0v) is 27.9. The van der Waals surface area contributed by atoms with Crippen LogP contribution in [0, 0.1) is 0 Å². The van der Waals surface area contributed by atoms with Gasteiger partial charge in [-0.3, -0.25) is 10.1 Å². The van der Waals surface area contributed by atoms with E-state index in [1.54, 1.807) is 12.1 Å². The van der Waals surface area contributed by atoms with Crippen LogP contribution < -0.4 is 14.8 Å². The lowest BCUT2D eigenvalue weighted by atomic mass is 9.98. The second-order valence-electron chi connectivity index (χ2n) is 13.1. The van der Waals surface area contributed by atoms with Crippen LogP contribution in [0.5, 0.6) is 11.5 Å². The van der Waals surface area contributed by atoms with Crippen molar-refractivity contribution in [2.24, 2.45) is 0 Å². The van der Waals surface area contributed by atoms with Crippen molar-refractivity contribution in [3.8, 4) is 22.6 Å². The molecule has 5 rings (SSSR count). The summed E-state index contributed by atoms with van der Waals surface area (Å²) in [5.41, 5.74) is 5.19. The lowest BCUT2D eigenvalue weighted by Crippen LogP contribution is -2.46. The molecule has 1 atom stereocenters. The second-order valence-corrected chi connectivity index (χ2v) is 17.9. The van der Waals surface area contributed by atoms with Gasteiger partial charge >= 0.3 is 6.09 Å². The van der Waals surface area contributed by atoms with E-state index in [-0.39, 0.29) is 29.5 Å². The van der Waals surface area contributed by atoms with Crippen LogP contribution in [0.1, 0.15) is 61.0 Å². The van der Waals surface area contributed by atoms with E-state index in [1.165, 1.54) is 14.2 Å². The number of rotatable bonds is 9. The van der Waals surface area contributed by atoms with Crippen LogP contribution in [-0.4, -0.2) is 65.2 Å². The molecule has 0 bridgehead atoms.